The first-order valence-corrected chi connectivity index (χ1v) is 13.5. The number of carbonyl (C=O) groups excluding carboxylic acids is 1. The second-order valence-corrected chi connectivity index (χ2v) is 10.3. The first-order valence-electron chi connectivity index (χ1n) is 13.5. The van der Waals surface area contributed by atoms with Crippen LogP contribution in [0.3, 0.4) is 0 Å². The predicted molar refractivity (Wildman–Crippen MR) is 153 cm³/mol. The molecule has 0 radical (unpaired) electrons. The SMILES string of the molecule is CN1CCCN(c2ccc(-c3cnc4[nH]cc(-c5ccc(C(=O)N6CCOCC6)cc5)c4c3)cc2C#N)CC1. The number of fused-ring (bicyclic) bond motifs is 1. The largest absolute Gasteiger partial charge is 0.378 e. The van der Waals surface area contributed by atoms with E-state index in [0.717, 1.165) is 71.6 Å². The molecule has 4 aromatic rings. The summed E-state index contributed by atoms with van der Waals surface area (Å²) in [7, 11) is 2.15. The van der Waals surface area contributed by atoms with Gasteiger partial charge in [0, 0.05) is 67.2 Å². The third-order valence-electron chi connectivity index (χ3n) is 7.78. The summed E-state index contributed by atoms with van der Waals surface area (Å²) in [6.45, 7) is 6.37. The van der Waals surface area contributed by atoms with E-state index in [4.69, 9.17) is 4.74 Å². The van der Waals surface area contributed by atoms with Gasteiger partial charge in [0.25, 0.3) is 5.91 Å². The molecule has 0 unspecified atom stereocenters. The van der Waals surface area contributed by atoms with Gasteiger partial charge in [-0.1, -0.05) is 18.2 Å². The molecule has 1 N–H and O–H groups in total. The maximum atomic E-state index is 12.8. The van der Waals surface area contributed by atoms with Gasteiger partial charge in [0.05, 0.1) is 24.5 Å². The van der Waals surface area contributed by atoms with E-state index in [9.17, 15) is 10.1 Å². The number of nitrogens with zero attached hydrogens (tertiary/aromatic N) is 5. The number of benzene rings is 2. The third kappa shape index (κ3) is 5.11. The third-order valence-corrected chi connectivity index (χ3v) is 7.78. The average Bonchev–Trinajstić information content (AvgIpc) is 3.30. The summed E-state index contributed by atoms with van der Waals surface area (Å²) in [5, 5.41) is 11.0. The standard InChI is InChI=1S/C31H32N6O2/c1-35-9-2-10-36(12-11-35)29-8-7-24(17-25(29)19-32)26-18-27-28(21-34-30(27)33-20-26)22-3-5-23(6-4-22)31(38)37-13-15-39-16-14-37/h3-8,17-18,20-21H,2,9-16H2,1H3,(H,33,34). The van der Waals surface area contributed by atoms with Crippen molar-refractivity contribution in [2.75, 3.05) is 64.4 Å². The molecule has 0 saturated carbocycles. The molecular weight excluding hydrogens is 488 g/mol. The Hall–Kier alpha value is -4.19. The van der Waals surface area contributed by atoms with Gasteiger partial charge >= 0.3 is 0 Å². The van der Waals surface area contributed by atoms with Crippen molar-refractivity contribution < 1.29 is 9.53 Å². The fourth-order valence-corrected chi connectivity index (χ4v) is 5.51. The number of nitriles is 1. The highest BCUT2D eigenvalue weighted by atomic mass is 16.5. The molecule has 2 aliphatic heterocycles. The number of aromatic nitrogens is 2. The fourth-order valence-electron chi connectivity index (χ4n) is 5.51. The van der Waals surface area contributed by atoms with Crippen LogP contribution in [-0.2, 0) is 4.74 Å². The molecule has 6 rings (SSSR count). The molecule has 0 atom stereocenters. The summed E-state index contributed by atoms with van der Waals surface area (Å²) in [6, 6.07) is 18.4. The van der Waals surface area contributed by atoms with Gasteiger partial charge in [-0.3, -0.25) is 4.79 Å². The number of H-pyrrole nitrogens is 1. The zero-order valence-electron chi connectivity index (χ0n) is 22.2. The molecule has 198 valence electrons. The minimum absolute atomic E-state index is 0.0386. The van der Waals surface area contributed by atoms with Crippen LogP contribution in [0.25, 0.3) is 33.3 Å². The Kier molecular flexibility index (Phi) is 7.01. The zero-order valence-corrected chi connectivity index (χ0v) is 22.2. The molecule has 1 amide bonds. The van der Waals surface area contributed by atoms with Crippen LogP contribution in [0, 0.1) is 11.3 Å². The molecule has 2 aliphatic rings. The lowest BCUT2D eigenvalue weighted by molar-refractivity contribution is 0.0303. The summed E-state index contributed by atoms with van der Waals surface area (Å²) in [6.07, 6.45) is 4.90. The number of morpholine rings is 1. The van der Waals surface area contributed by atoms with E-state index >= 15 is 0 Å². The van der Waals surface area contributed by atoms with Gasteiger partial charge in [-0.25, -0.2) is 4.98 Å². The Bertz CT molecular complexity index is 1530. The highest BCUT2D eigenvalue weighted by Gasteiger charge is 2.19. The number of hydrogen-bond donors (Lipinski definition) is 1. The zero-order chi connectivity index (χ0) is 26.8. The van der Waals surface area contributed by atoms with Crippen LogP contribution in [0.5, 0.6) is 0 Å². The average molecular weight is 521 g/mol. The Morgan fingerprint density at radius 3 is 2.54 bits per heavy atom. The van der Waals surface area contributed by atoms with E-state index in [1.54, 1.807) is 0 Å². The summed E-state index contributed by atoms with van der Waals surface area (Å²) in [5.74, 6) is 0.0386. The van der Waals surface area contributed by atoms with Gasteiger partial charge in [-0.05, 0) is 61.5 Å². The molecule has 2 fully saturated rings. The topological polar surface area (TPSA) is 88.5 Å². The summed E-state index contributed by atoms with van der Waals surface area (Å²) >= 11 is 0. The molecular formula is C31H32N6O2. The fraction of sp³-hybridized carbons (Fsp3) is 0.323. The smallest absolute Gasteiger partial charge is 0.254 e. The quantitative estimate of drug-likeness (QED) is 0.430. The number of hydrogen-bond acceptors (Lipinski definition) is 6. The molecule has 39 heavy (non-hydrogen) atoms. The number of nitrogens with one attached hydrogen (secondary N) is 1. The lowest BCUT2D eigenvalue weighted by atomic mass is 9.99. The Morgan fingerprint density at radius 2 is 1.74 bits per heavy atom. The van der Waals surface area contributed by atoms with E-state index in [2.05, 4.69) is 51.1 Å². The molecule has 8 nitrogen and oxygen atoms in total. The molecule has 0 bridgehead atoms. The van der Waals surface area contributed by atoms with Crippen molar-refractivity contribution in [3.05, 3.63) is 72.1 Å². The van der Waals surface area contributed by atoms with Gasteiger partial charge in [-0.2, -0.15) is 5.26 Å². The lowest BCUT2D eigenvalue weighted by Crippen LogP contribution is -2.40. The maximum Gasteiger partial charge on any atom is 0.254 e. The molecule has 8 heteroatoms. The normalized spacial score (nSPS) is 16.7. The van der Waals surface area contributed by atoms with E-state index in [-0.39, 0.29) is 5.91 Å². The van der Waals surface area contributed by atoms with Crippen LogP contribution in [0.15, 0.2) is 60.9 Å². The van der Waals surface area contributed by atoms with Gasteiger partial charge in [0.2, 0.25) is 0 Å². The van der Waals surface area contributed by atoms with Crippen molar-refractivity contribution >= 4 is 22.6 Å². The van der Waals surface area contributed by atoms with E-state index in [1.165, 1.54) is 0 Å². The number of rotatable bonds is 4. The van der Waals surface area contributed by atoms with E-state index < -0.39 is 0 Å². The van der Waals surface area contributed by atoms with E-state index in [0.29, 0.717) is 37.4 Å². The van der Waals surface area contributed by atoms with Crippen molar-refractivity contribution in [3.63, 3.8) is 0 Å². The van der Waals surface area contributed by atoms with Crippen LogP contribution < -0.4 is 4.90 Å². The van der Waals surface area contributed by atoms with Crippen LogP contribution in [0.4, 0.5) is 5.69 Å². The Morgan fingerprint density at radius 1 is 0.949 bits per heavy atom. The number of carbonyl (C=O) groups is 1. The van der Waals surface area contributed by atoms with Crippen LogP contribution >= 0.6 is 0 Å². The second kappa shape index (κ2) is 10.9. The van der Waals surface area contributed by atoms with Crippen molar-refractivity contribution in [2.24, 2.45) is 0 Å². The van der Waals surface area contributed by atoms with E-state index in [1.807, 2.05) is 47.6 Å². The second-order valence-electron chi connectivity index (χ2n) is 10.3. The van der Waals surface area contributed by atoms with Gasteiger partial charge in [0.15, 0.2) is 0 Å². The minimum atomic E-state index is 0.0386. The monoisotopic (exact) mass is 520 g/mol. The molecule has 0 aliphatic carbocycles. The van der Waals surface area contributed by atoms with Crippen LogP contribution in [0.2, 0.25) is 0 Å². The number of anilines is 1. The number of aromatic amines is 1. The first-order chi connectivity index (χ1) is 19.1. The predicted octanol–water partition coefficient (Wildman–Crippen LogP) is 4.38. The summed E-state index contributed by atoms with van der Waals surface area (Å²) in [4.78, 5) is 27.3. The number of pyridine rings is 1. The van der Waals surface area contributed by atoms with Crippen LogP contribution in [0.1, 0.15) is 22.3 Å². The molecule has 2 aromatic heterocycles. The lowest BCUT2D eigenvalue weighted by Gasteiger charge is -2.26. The Labute approximate surface area is 228 Å². The van der Waals surface area contributed by atoms with Crippen molar-refractivity contribution in [1.82, 2.24) is 19.8 Å². The van der Waals surface area contributed by atoms with Gasteiger partial charge < -0.3 is 24.4 Å². The number of amides is 1. The first kappa shape index (κ1) is 25.1. The number of ether oxygens (including phenoxy) is 1. The van der Waals surface area contributed by atoms with Crippen LogP contribution in [-0.4, -0.2) is 85.2 Å². The highest BCUT2D eigenvalue weighted by molar-refractivity contribution is 5.98. The minimum Gasteiger partial charge on any atom is -0.378 e. The van der Waals surface area contributed by atoms with Crippen molar-refractivity contribution in [1.29, 1.82) is 5.26 Å². The van der Waals surface area contributed by atoms with Crippen molar-refractivity contribution in [2.45, 2.75) is 6.42 Å². The number of likely N-dealkylation sites (N-methyl/N-ethyl adjacent to an activating group) is 1. The molecule has 2 aromatic carbocycles. The molecule has 2 saturated heterocycles. The maximum absolute atomic E-state index is 12.8. The van der Waals surface area contributed by atoms with Gasteiger partial charge in [0.1, 0.15) is 11.7 Å². The Balaban J connectivity index is 1.28. The van der Waals surface area contributed by atoms with Crippen molar-refractivity contribution in [3.8, 4) is 28.3 Å². The summed E-state index contributed by atoms with van der Waals surface area (Å²) in [5.41, 5.74) is 7.13. The van der Waals surface area contributed by atoms with Gasteiger partial charge in [-0.15, -0.1) is 0 Å². The summed E-state index contributed by atoms with van der Waals surface area (Å²) < 4.78 is 5.37. The molecule has 0 spiro atoms. The molecule has 4 heterocycles. The highest BCUT2D eigenvalue weighted by Crippen LogP contribution is 2.33.